The highest BCUT2D eigenvalue weighted by Gasteiger charge is 2.09. The second-order valence-electron chi connectivity index (χ2n) is 6.03. The fraction of sp³-hybridized carbons (Fsp3) is 0.278. The lowest BCUT2D eigenvalue weighted by Gasteiger charge is -2.14. The molecule has 3 aromatic rings. The van der Waals surface area contributed by atoms with Crippen molar-refractivity contribution in [3.63, 3.8) is 0 Å². The van der Waals surface area contributed by atoms with Gasteiger partial charge in [0.1, 0.15) is 11.6 Å². The molecular weight excluding hydrogens is 302 g/mol. The van der Waals surface area contributed by atoms with E-state index < -0.39 is 0 Å². The van der Waals surface area contributed by atoms with Gasteiger partial charge in [-0.05, 0) is 31.4 Å². The molecule has 0 fully saturated rings. The van der Waals surface area contributed by atoms with Crippen LogP contribution in [-0.2, 0) is 0 Å². The lowest BCUT2D eigenvalue weighted by Crippen LogP contribution is -2.04. The van der Waals surface area contributed by atoms with Crippen LogP contribution in [-0.4, -0.2) is 15.1 Å². The Balaban J connectivity index is 1.86. The molecule has 24 heavy (non-hydrogen) atoms. The van der Waals surface area contributed by atoms with Crippen LogP contribution in [0.15, 0.2) is 40.9 Å². The van der Waals surface area contributed by atoms with Crippen molar-refractivity contribution in [2.75, 3.05) is 10.6 Å². The maximum absolute atomic E-state index is 5.06. The van der Waals surface area contributed by atoms with Crippen LogP contribution in [0.2, 0.25) is 0 Å². The number of hydrogen-bond acceptors (Lipinski definition) is 6. The second kappa shape index (κ2) is 6.70. The minimum atomic E-state index is 0.411. The van der Waals surface area contributed by atoms with E-state index in [0.29, 0.717) is 23.5 Å². The molecule has 0 atom stereocenters. The summed E-state index contributed by atoms with van der Waals surface area (Å²) in [5, 5.41) is 10.4. The summed E-state index contributed by atoms with van der Waals surface area (Å²) in [6.45, 7) is 8.11. The van der Waals surface area contributed by atoms with Gasteiger partial charge in [-0.1, -0.05) is 37.2 Å². The smallest absolute Gasteiger partial charge is 0.229 e. The zero-order valence-corrected chi connectivity index (χ0v) is 14.3. The molecule has 0 bridgehead atoms. The van der Waals surface area contributed by atoms with E-state index >= 15 is 0 Å². The Bertz CT molecular complexity index is 841. The van der Waals surface area contributed by atoms with Crippen molar-refractivity contribution in [3.8, 4) is 0 Å². The van der Waals surface area contributed by atoms with E-state index in [0.717, 1.165) is 17.1 Å². The number of nitrogens with zero attached hydrogens (tertiary/aromatic N) is 3. The second-order valence-corrected chi connectivity index (χ2v) is 6.03. The lowest BCUT2D eigenvalue weighted by atomic mass is 10.0. The van der Waals surface area contributed by atoms with Gasteiger partial charge in [-0.15, -0.1) is 0 Å². The van der Waals surface area contributed by atoms with Gasteiger partial charge in [0.05, 0.1) is 0 Å². The molecule has 0 radical (unpaired) electrons. The maximum atomic E-state index is 5.06. The van der Waals surface area contributed by atoms with Crippen LogP contribution in [0.4, 0.5) is 23.3 Å². The summed E-state index contributed by atoms with van der Waals surface area (Å²) >= 11 is 0. The summed E-state index contributed by atoms with van der Waals surface area (Å²) in [6.07, 6.45) is 0. The molecule has 0 saturated heterocycles. The molecule has 0 spiro atoms. The van der Waals surface area contributed by atoms with Gasteiger partial charge in [0.2, 0.25) is 5.95 Å². The Morgan fingerprint density at radius 2 is 1.75 bits per heavy atom. The average molecular weight is 323 g/mol. The van der Waals surface area contributed by atoms with Gasteiger partial charge >= 0.3 is 0 Å². The van der Waals surface area contributed by atoms with E-state index in [1.54, 1.807) is 0 Å². The number of hydrogen-bond donors (Lipinski definition) is 2. The molecule has 3 rings (SSSR count). The molecular formula is C18H21N5O. The van der Waals surface area contributed by atoms with E-state index in [-0.39, 0.29) is 0 Å². The van der Waals surface area contributed by atoms with Crippen LogP contribution in [0.5, 0.6) is 0 Å². The van der Waals surface area contributed by atoms with Crippen molar-refractivity contribution < 1.29 is 4.52 Å². The zero-order chi connectivity index (χ0) is 17.1. The van der Waals surface area contributed by atoms with Gasteiger partial charge in [-0.2, -0.15) is 4.98 Å². The van der Waals surface area contributed by atoms with Gasteiger partial charge in [0.25, 0.3) is 0 Å². The quantitative estimate of drug-likeness (QED) is 0.709. The van der Waals surface area contributed by atoms with Crippen molar-refractivity contribution in [2.24, 2.45) is 0 Å². The van der Waals surface area contributed by atoms with E-state index in [2.05, 4.69) is 45.7 Å². The minimum Gasteiger partial charge on any atom is -0.360 e. The van der Waals surface area contributed by atoms with Crippen LogP contribution in [0.3, 0.4) is 0 Å². The Hall–Kier alpha value is -2.89. The number of aryl methyl sites for hydroxylation is 2. The summed E-state index contributed by atoms with van der Waals surface area (Å²) in [6, 6.07) is 11.9. The van der Waals surface area contributed by atoms with Crippen LogP contribution in [0, 0.1) is 13.8 Å². The monoisotopic (exact) mass is 323 g/mol. The largest absolute Gasteiger partial charge is 0.360 e. The highest BCUT2D eigenvalue weighted by atomic mass is 16.5. The Morgan fingerprint density at radius 1 is 0.958 bits per heavy atom. The topological polar surface area (TPSA) is 75.9 Å². The normalized spacial score (nSPS) is 10.9. The third kappa shape index (κ3) is 3.71. The number of para-hydroxylation sites is 1. The standard InChI is InChI=1S/C18H21N5O/c1-11(2)14-7-5-6-8-15(14)20-18-19-12(3)9-16(22-18)21-17-10-13(4)24-23-17/h5-11H,1-4H3,(H2,19,20,21,22,23). The number of anilines is 4. The first kappa shape index (κ1) is 16.0. The van der Waals surface area contributed by atoms with Crippen molar-refractivity contribution in [3.05, 3.63) is 53.4 Å². The summed E-state index contributed by atoms with van der Waals surface area (Å²) in [7, 11) is 0. The molecule has 6 nitrogen and oxygen atoms in total. The molecule has 2 aromatic heterocycles. The minimum absolute atomic E-state index is 0.411. The predicted octanol–water partition coefficient (Wildman–Crippen LogP) is 4.69. The number of rotatable bonds is 5. The van der Waals surface area contributed by atoms with Gasteiger partial charge in [-0.25, -0.2) is 4.98 Å². The van der Waals surface area contributed by atoms with E-state index in [9.17, 15) is 0 Å². The maximum Gasteiger partial charge on any atom is 0.229 e. The highest BCUT2D eigenvalue weighted by molar-refractivity contribution is 5.61. The van der Waals surface area contributed by atoms with Crippen molar-refractivity contribution >= 4 is 23.3 Å². The molecule has 6 heteroatoms. The van der Waals surface area contributed by atoms with E-state index in [4.69, 9.17) is 4.52 Å². The molecule has 0 aliphatic carbocycles. The average Bonchev–Trinajstić information content (AvgIpc) is 2.92. The molecule has 0 amide bonds. The van der Waals surface area contributed by atoms with E-state index in [1.807, 2.05) is 44.2 Å². The molecule has 0 aliphatic heterocycles. The fourth-order valence-electron chi connectivity index (χ4n) is 2.48. The zero-order valence-electron chi connectivity index (χ0n) is 14.3. The van der Waals surface area contributed by atoms with Crippen LogP contribution >= 0.6 is 0 Å². The SMILES string of the molecule is Cc1cc(Nc2cc(C)on2)nc(Nc2ccccc2C(C)C)n1. The molecule has 124 valence electrons. The number of nitrogens with one attached hydrogen (secondary N) is 2. The molecule has 1 aromatic carbocycles. The summed E-state index contributed by atoms with van der Waals surface area (Å²) in [5.41, 5.74) is 3.10. The first-order valence-corrected chi connectivity index (χ1v) is 7.93. The molecule has 2 heterocycles. The molecule has 0 unspecified atom stereocenters. The Morgan fingerprint density at radius 3 is 2.46 bits per heavy atom. The number of benzene rings is 1. The Labute approximate surface area is 141 Å². The van der Waals surface area contributed by atoms with Crippen LogP contribution in [0.25, 0.3) is 0 Å². The van der Waals surface area contributed by atoms with Crippen molar-refractivity contribution in [1.29, 1.82) is 0 Å². The summed E-state index contributed by atoms with van der Waals surface area (Å²) in [4.78, 5) is 8.99. The molecule has 0 saturated carbocycles. The predicted molar refractivity (Wildman–Crippen MR) is 95.1 cm³/mol. The first-order chi connectivity index (χ1) is 11.5. The van der Waals surface area contributed by atoms with Crippen molar-refractivity contribution in [1.82, 2.24) is 15.1 Å². The first-order valence-electron chi connectivity index (χ1n) is 7.93. The summed E-state index contributed by atoms with van der Waals surface area (Å²) in [5.74, 6) is 2.99. The third-order valence-electron chi connectivity index (χ3n) is 3.57. The van der Waals surface area contributed by atoms with Crippen LogP contribution < -0.4 is 10.6 Å². The molecule has 2 N–H and O–H groups in total. The summed E-state index contributed by atoms with van der Waals surface area (Å²) < 4.78 is 5.06. The van der Waals surface area contributed by atoms with Gasteiger partial charge in [0, 0.05) is 23.5 Å². The highest BCUT2D eigenvalue weighted by Crippen LogP contribution is 2.26. The van der Waals surface area contributed by atoms with Crippen molar-refractivity contribution in [2.45, 2.75) is 33.6 Å². The van der Waals surface area contributed by atoms with Gasteiger partial charge in [0.15, 0.2) is 5.82 Å². The Kier molecular flexibility index (Phi) is 4.46. The lowest BCUT2D eigenvalue weighted by molar-refractivity contribution is 0.400. The van der Waals surface area contributed by atoms with Gasteiger partial charge in [-0.3, -0.25) is 0 Å². The fourth-order valence-corrected chi connectivity index (χ4v) is 2.48. The van der Waals surface area contributed by atoms with Gasteiger partial charge < -0.3 is 15.2 Å². The third-order valence-corrected chi connectivity index (χ3v) is 3.57. The number of aromatic nitrogens is 3. The van der Waals surface area contributed by atoms with Crippen LogP contribution in [0.1, 0.15) is 36.8 Å². The van der Waals surface area contributed by atoms with E-state index in [1.165, 1.54) is 5.56 Å². The molecule has 0 aliphatic rings.